The summed E-state index contributed by atoms with van der Waals surface area (Å²) < 4.78 is 6.83. The van der Waals surface area contributed by atoms with Crippen LogP contribution >= 0.6 is 27.5 Å². The fraction of sp³-hybridized carbons (Fsp3) is 0.417. The van der Waals surface area contributed by atoms with Crippen molar-refractivity contribution < 1.29 is 14.3 Å². The quantitative estimate of drug-likeness (QED) is 0.490. The minimum Gasteiger partial charge on any atom is -0.484 e. The van der Waals surface area contributed by atoms with Crippen LogP contribution < -0.4 is 10.1 Å². The highest BCUT2D eigenvalue weighted by molar-refractivity contribution is 9.10. The fourth-order valence-corrected chi connectivity index (χ4v) is 3.66. The van der Waals surface area contributed by atoms with Crippen molar-refractivity contribution in [1.82, 2.24) is 10.2 Å². The van der Waals surface area contributed by atoms with E-state index in [2.05, 4.69) is 21.2 Å². The van der Waals surface area contributed by atoms with E-state index in [0.29, 0.717) is 23.7 Å². The van der Waals surface area contributed by atoms with Gasteiger partial charge in [0.15, 0.2) is 6.61 Å². The first kappa shape index (κ1) is 25.2. The van der Waals surface area contributed by atoms with Crippen molar-refractivity contribution in [3.63, 3.8) is 0 Å². The molecule has 0 saturated carbocycles. The van der Waals surface area contributed by atoms with E-state index in [1.165, 1.54) is 0 Å². The van der Waals surface area contributed by atoms with Gasteiger partial charge in [-0.25, -0.2) is 0 Å². The van der Waals surface area contributed by atoms with Gasteiger partial charge in [-0.05, 0) is 75.1 Å². The second kappa shape index (κ2) is 11.5. The first-order valence-electron chi connectivity index (χ1n) is 10.4. The molecule has 2 aromatic carbocycles. The number of carbonyl (C=O) groups is 2. The lowest BCUT2D eigenvalue weighted by Crippen LogP contribution is -2.51. The molecule has 0 saturated heterocycles. The zero-order valence-corrected chi connectivity index (χ0v) is 21.0. The number of aryl methyl sites for hydroxylation is 2. The van der Waals surface area contributed by atoms with Gasteiger partial charge in [0.1, 0.15) is 11.8 Å². The molecule has 0 fully saturated rings. The predicted molar refractivity (Wildman–Crippen MR) is 128 cm³/mol. The van der Waals surface area contributed by atoms with Crippen molar-refractivity contribution in [3.8, 4) is 5.75 Å². The Morgan fingerprint density at radius 1 is 1.13 bits per heavy atom. The number of carbonyl (C=O) groups excluding carboxylic acids is 2. The zero-order valence-electron chi connectivity index (χ0n) is 18.7. The maximum absolute atomic E-state index is 13.2. The number of hydrogen-bond acceptors (Lipinski definition) is 3. The lowest BCUT2D eigenvalue weighted by molar-refractivity contribution is -0.143. The number of rotatable bonds is 9. The van der Waals surface area contributed by atoms with E-state index in [1.54, 1.807) is 17.0 Å². The van der Waals surface area contributed by atoms with Gasteiger partial charge in [0.25, 0.3) is 5.91 Å². The number of ether oxygens (including phenoxy) is 1. The fourth-order valence-electron chi connectivity index (χ4n) is 3.30. The van der Waals surface area contributed by atoms with Crippen LogP contribution in [0.2, 0.25) is 5.02 Å². The van der Waals surface area contributed by atoms with Gasteiger partial charge in [-0.15, -0.1) is 0 Å². The van der Waals surface area contributed by atoms with Gasteiger partial charge in [-0.3, -0.25) is 9.59 Å². The molecule has 1 N–H and O–H groups in total. The van der Waals surface area contributed by atoms with Crippen LogP contribution in [-0.2, 0) is 16.1 Å². The molecule has 0 aliphatic heterocycles. The Kier molecular flexibility index (Phi) is 9.38. The average Bonchev–Trinajstić information content (AvgIpc) is 2.70. The maximum atomic E-state index is 13.2. The average molecular weight is 510 g/mol. The van der Waals surface area contributed by atoms with E-state index in [4.69, 9.17) is 16.3 Å². The molecular weight excluding hydrogens is 480 g/mol. The van der Waals surface area contributed by atoms with Gasteiger partial charge in [-0.2, -0.15) is 0 Å². The summed E-state index contributed by atoms with van der Waals surface area (Å²) in [5.41, 5.74) is 2.95. The Labute approximate surface area is 198 Å². The van der Waals surface area contributed by atoms with Crippen LogP contribution in [0.4, 0.5) is 0 Å². The first-order chi connectivity index (χ1) is 14.6. The lowest BCUT2D eigenvalue weighted by Gasteiger charge is -2.31. The Morgan fingerprint density at radius 2 is 1.71 bits per heavy atom. The molecule has 0 radical (unpaired) electrons. The predicted octanol–water partition coefficient (Wildman–Crippen LogP) is 5.43. The molecule has 7 heteroatoms. The summed E-state index contributed by atoms with van der Waals surface area (Å²) in [5, 5.41) is 3.54. The standard InChI is InChI=1S/C24H30BrClN2O3/c1-6-21(24(30)27-15(2)3)28(13-18-7-9-19(26)10-8-18)22(29)14-31-20-11-16(4)23(25)17(5)12-20/h7-12,15,21H,6,13-14H2,1-5H3,(H,27,30). The molecule has 31 heavy (non-hydrogen) atoms. The van der Waals surface area contributed by atoms with Gasteiger partial charge in [0.05, 0.1) is 0 Å². The second-order valence-corrected chi connectivity index (χ2v) is 9.12. The van der Waals surface area contributed by atoms with Crippen molar-refractivity contribution in [3.05, 3.63) is 62.6 Å². The molecule has 168 valence electrons. The largest absolute Gasteiger partial charge is 0.484 e. The minimum atomic E-state index is -0.595. The number of halogens is 2. The molecule has 0 bridgehead atoms. The summed E-state index contributed by atoms with van der Waals surface area (Å²) in [6.07, 6.45) is 0.494. The summed E-state index contributed by atoms with van der Waals surface area (Å²) in [5.74, 6) is 0.201. The van der Waals surface area contributed by atoms with Crippen molar-refractivity contribution in [2.75, 3.05) is 6.61 Å². The van der Waals surface area contributed by atoms with Crippen LogP contribution in [-0.4, -0.2) is 35.4 Å². The summed E-state index contributed by atoms with van der Waals surface area (Å²) in [4.78, 5) is 27.6. The monoisotopic (exact) mass is 508 g/mol. The molecule has 2 aromatic rings. The normalized spacial score (nSPS) is 11.9. The van der Waals surface area contributed by atoms with Crippen molar-refractivity contribution in [2.45, 2.75) is 59.7 Å². The van der Waals surface area contributed by atoms with Crippen LogP contribution in [0.15, 0.2) is 40.9 Å². The molecule has 0 spiro atoms. The Hall–Kier alpha value is -2.05. The first-order valence-corrected chi connectivity index (χ1v) is 11.5. The number of hydrogen-bond donors (Lipinski definition) is 1. The smallest absolute Gasteiger partial charge is 0.261 e. The topological polar surface area (TPSA) is 58.6 Å². The van der Waals surface area contributed by atoms with Crippen LogP contribution in [0.1, 0.15) is 43.9 Å². The van der Waals surface area contributed by atoms with Crippen molar-refractivity contribution in [2.24, 2.45) is 0 Å². The summed E-state index contributed by atoms with van der Waals surface area (Å²) in [6, 6.07) is 10.4. The van der Waals surface area contributed by atoms with E-state index in [9.17, 15) is 9.59 Å². The van der Waals surface area contributed by atoms with E-state index >= 15 is 0 Å². The highest BCUT2D eigenvalue weighted by atomic mass is 79.9. The number of amides is 2. The summed E-state index contributed by atoms with van der Waals surface area (Å²) >= 11 is 9.53. The van der Waals surface area contributed by atoms with Gasteiger partial charge < -0.3 is 15.0 Å². The molecule has 2 amide bonds. The van der Waals surface area contributed by atoms with Crippen LogP contribution in [0.3, 0.4) is 0 Å². The SMILES string of the molecule is CCC(C(=O)NC(C)C)N(Cc1ccc(Cl)cc1)C(=O)COc1cc(C)c(Br)c(C)c1. The van der Waals surface area contributed by atoms with Gasteiger partial charge >= 0.3 is 0 Å². The van der Waals surface area contributed by atoms with E-state index in [-0.39, 0.29) is 24.5 Å². The molecule has 1 unspecified atom stereocenters. The summed E-state index contributed by atoms with van der Waals surface area (Å²) in [7, 11) is 0. The highest BCUT2D eigenvalue weighted by Crippen LogP contribution is 2.26. The number of nitrogens with zero attached hydrogens (tertiary/aromatic N) is 1. The van der Waals surface area contributed by atoms with Crippen LogP contribution in [0.5, 0.6) is 5.75 Å². The van der Waals surface area contributed by atoms with Gasteiger partial charge in [0.2, 0.25) is 5.91 Å². The third kappa shape index (κ3) is 7.25. The summed E-state index contributed by atoms with van der Waals surface area (Å²) in [6.45, 7) is 9.79. The van der Waals surface area contributed by atoms with E-state index in [1.807, 2.05) is 58.9 Å². The third-order valence-corrected chi connectivity index (χ3v) is 6.36. The number of benzene rings is 2. The van der Waals surface area contributed by atoms with Crippen LogP contribution in [0.25, 0.3) is 0 Å². The van der Waals surface area contributed by atoms with Crippen molar-refractivity contribution >= 4 is 39.3 Å². The van der Waals surface area contributed by atoms with E-state index in [0.717, 1.165) is 21.2 Å². The molecule has 0 aliphatic carbocycles. The molecule has 5 nitrogen and oxygen atoms in total. The van der Waals surface area contributed by atoms with Crippen molar-refractivity contribution in [1.29, 1.82) is 0 Å². The Morgan fingerprint density at radius 3 is 2.23 bits per heavy atom. The Bertz CT molecular complexity index is 893. The van der Waals surface area contributed by atoms with Crippen LogP contribution in [0, 0.1) is 13.8 Å². The zero-order chi connectivity index (χ0) is 23.1. The highest BCUT2D eigenvalue weighted by Gasteiger charge is 2.29. The second-order valence-electron chi connectivity index (χ2n) is 7.90. The maximum Gasteiger partial charge on any atom is 0.261 e. The third-order valence-electron chi connectivity index (χ3n) is 4.86. The molecule has 0 aliphatic rings. The van der Waals surface area contributed by atoms with Gasteiger partial charge in [-0.1, -0.05) is 46.6 Å². The molecule has 1 atom stereocenters. The van der Waals surface area contributed by atoms with Gasteiger partial charge in [0, 0.05) is 22.1 Å². The minimum absolute atomic E-state index is 0.0148. The molecular formula is C24H30BrClN2O3. The van der Waals surface area contributed by atoms with E-state index < -0.39 is 6.04 Å². The molecule has 0 aromatic heterocycles. The Balaban J connectivity index is 2.23. The number of nitrogens with one attached hydrogen (secondary N) is 1. The molecule has 0 heterocycles. The molecule has 2 rings (SSSR count). The lowest BCUT2D eigenvalue weighted by atomic mass is 10.1.